The Morgan fingerprint density at radius 3 is 2.81 bits per heavy atom. The summed E-state index contributed by atoms with van der Waals surface area (Å²) in [5.74, 6) is 0.133. The van der Waals surface area contributed by atoms with Crippen molar-refractivity contribution in [1.29, 1.82) is 0 Å². The SMILES string of the molecule is CCCC(N)C(=O)N1CCCC(N(C)C)C1. The van der Waals surface area contributed by atoms with Crippen molar-refractivity contribution in [3.8, 4) is 0 Å². The maximum Gasteiger partial charge on any atom is 0.239 e. The fourth-order valence-corrected chi connectivity index (χ4v) is 2.25. The monoisotopic (exact) mass is 227 g/mol. The molecule has 0 saturated carbocycles. The van der Waals surface area contributed by atoms with Crippen molar-refractivity contribution in [2.24, 2.45) is 5.73 Å². The molecule has 1 heterocycles. The van der Waals surface area contributed by atoms with Gasteiger partial charge in [-0.2, -0.15) is 0 Å². The van der Waals surface area contributed by atoms with E-state index in [9.17, 15) is 4.79 Å². The highest BCUT2D eigenvalue weighted by Crippen LogP contribution is 2.15. The zero-order valence-corrected chi connectivity index (χ0v) is 10.8. The molecule has 2 atom stereocenters. The summed E-state index contributed by atoms with van der Waals surface area (Å²) >= 11 is 0. The number of hydrogen-bond donors (Lipinski definition) is 1. The molecule has 0 aromatic carbocycles. The molecular weight excluding hydrogens is 202 g/mol. The van der Waals surface area contributed by atoms with Gasteiger partial charge in [0.05, 0.1) is 6.04 Å². The second-order valence-electron chi connectivity index (χ2n) is 4.94. The van der Waals surface area contributed by atoms with Gasteiger partial charge in [0, 0.05) is 19.1 Å². The van der Waals surface area contributed by atoms with Crippen molar-refractivity contribution < 1.29 is 4.79 Å². The lowest BCUT2D eigenvalue weighted by Crippen LogP contribution is -2.52. The van der Waals surface area contributed by atoms with Crippen LogP contribution >= 0.6 is 0 Å². The molecule has 0 spiro atoms. The van der Waals surface area contributed by atoms with E-state index in [2.05, 4.69) is 25.9 Å². The second-order valence-corrected chi connectivity index (χ2v) is 4.94. The third kappa shape index (κ3) is 3.46. The van der Waals surface area contributed by atoms with Gasteiger partial charge in [0.1, 0.15) is 0 Å². The molecule has 0 bridgehead atoms. The minimum absolute atomic E-state index is 0.133. The first-order chi connectivity index (χ1) is 7.56. The highest BCUT2D eigenvalue weighted by molar-refractivity contribution is 5.81. The van der Waals surface area contributed by atoms with E-state index in [-0.39, 0.29) is 11.9 Å². The molecule has 1 rings (SSSR count). The number of carbonyl (C=O) groups excluding carboxylic acids is 1. The Morgan fingerprint density at radius 2 is 2.25 bits per heavy atom. The lowest BCUT2D eigenvalue weighted by molar-refractivity contribution is -0.134. The van der Waals surface area contributed by atoms with Crippen molar-refractivity contribution in [2.45, 2.75) is 44.7 Å². The van der Waals surface area contributed by atoms with Crippen molar-refractivity contribution in [1.82, 2.24) is 9.80 Å². The number of carbonyl (C=O) groups is 1. The van der Waals surface area contributed by atoms with Crippen LogP contribution < -0.4 is 5.73 Å². The molecule has 4 heteroatoms. The van der Waals surface area contributed by atoms with Crippen LogP contribution in [0.4, 0.5) is 0 Å². The van der Waals surface area contributed by atoms with Crippen molar-refractivity contribution >= 4 is 5.91 Å². The number of amides is 1. The molecule has 4 nitrogen and oxygen atoms in total. The summed E-state index contributed by atoms with van der Waals surface area (Å²) in [6, 6.07) is 0.192. The molecular formula is C12H25N3O. The highest BCUT2D eigenvalue weighted by Gasteiger charge is 2.27. The zero-order valence-electron chi connectivity index (χ0n) is 10.8. The Hall–Kier alpha value is -0.610. The van der Waals surface area contributed by atoms with E-state index in [1.807, 2.05) is 4.90 Å². The predicted molar refractivity (Wildman–Crippen MR) is 66.2 cm³/mol. The summed E-state index contributed by atoms with van der Waals surface area (Å²) in [6.45, 7) is 3.77. The molecule has 1 fully saturated rings. The fraction of sp³-hybridized carbons (Fsp3) is 0.917. The van der Waals surface area contributed by atoms with Gasteiger partial charge in [0.25, 0.3) is 0 Å². The van der Waals surface area contributed by atoms with Gasteiger partial charge in [-0.3, -0.25) is 4.79 Å². The molecule has 0 aromatic rings. The van der Waals surface area contributed by atoms with Gasteiger partial charge in [-0.15, -0.1) is 0 Å². The number of nitrogens with zero attached hydrogens (tertiary/aromatic N) is 2. The zero-order chi connectivity index (χ0) is 12.1. The smallest absolute Gasteiger partial charge is 0.239 e. The number of likely N-dealkylation sites (tertiary alicyclic amines) is 1. The first-order valence-electron chi connectivity index (χ1n) is 6.27. The molecule has 1 amide bonds. The van der Waals surface area contributed by atoms with E-state index in [4.69, 9.17) is 5.73 Å². The van der Waals surface area contributed by atoms with Crippen molar-refractivity contribution in [2.75, 3.05) is 27.2 Å². The van der Waals surface area contributed by atoms with Crippen LogP contribution in [0.3, 0.4) is 0 Å². The highest BCUT2D eigenvalue weighted by atomic mass is 16.2. The maximum absolute atomic E-state index is 12.0. The van der Waals surface area contributed by atoms with Crippen LogP contribution in [0.25, 0.3) is 0 Å². The Bertz CT molecular complexity index is 230. The summed E-state index contributed by atoms with van der Waals surface area (Å²) < 4.78 is 0. The van der Waals surface area contributed by atoms with Crippen LogP contribution in [0.15, 0.2) is 0 Å². The average Bonchev–Trinajstić information content (AvgIpc) is 2.28. The summed E-state index contributed by atoms with van der Waals surface area (Å²) in [6.07, 6.45) is 4.03. The predicted octanol–water partition coefficient (Wildman–Crippen LogP) is 0.666. The van der Waals surface area contributed by atoms with Gasteiger partial charge in [0.15, 0.2) is 0 Å². The third-order valence-corrected chi connectivity index (χ3v) is 3.36. The third-order valence-electron chi connectivity index (χ3n) is 3.36. The molecule has 16 heavy (non-hydrogen) atoms. The van der Waals surface area contributed by atoms with Crippen LogP contribution in [0, 0.1) is 0 Å². The van der Waals surface area contributed by atoms with E-state index in [1.54, 1.807) is 0 Å². The van der Waals surface area contributed by atoms with Crippen LogP contribution in [0.5, 0.6) is 0 Å². The van der Waals surface area contributed by atoms with Gasteiger partial charge in [-0.1, -0.05) is 13.3 Å². The van der Waals surface area contributed by atoms with Crippen LogP contribution in [-0.4, -0.2) is 55.0 Å². The molecule has 94 valence electrons. The van der Waals surface area contributed by atoms with Gasteiger partial charge in [-0.25, -0.2) is 0 Å². The minimum atomic E-state index is -0.300. The largest absolute Gasteiger partial charge is 0.340 e. The Labute approximate surface area is 98.8 Å². The summed E-state index contributed by atoms with van der Waals surface area (Å²) in [7, 11) is 4.15. The lowest BCUT2D eigenvalue weighted by Gasteiger charge is -2.37. The minimum Gasteiger partial charge on any atom is -0.340 e. The van der Waals surface area contributed by atoms with Crippen LogP contribution in [0.1, 0.15) is 32.6 Å². The summed E-state index contributed by atoms with van der Waals surface area (Å²) in [4.78, 5) is 16.2. The van der Waals surface area contributed by atoms with E-state index in [1.165, 1.54) is 6.42 Å². The molecule has 0 radical (unpaired) electrons. The Morgan fingerprint density at radius 1 is 1.56 bits per heavy atom. The number of hydrogen-bond acceptors (Lipinski definition) is 3. The van der Waals surface area contributed by atoms with Crippen LogP contribution in [-0.2, 0) is 4.79 Å². The summed E-state index contributed by atoms with van der Waals surface area (Å²) in [5.41, 5.74) is 5.88. The number of likely N-dealkylation sites (N-methyl/N-ethyl adjacent to an activating group) is 1. The molecule has 1 aliphatic rings. The fourth-order valence-electron chi connectivity index (χ4n) is 2.25. The number of rotatable bonds is 4. The van der Waals surface area contributed by atoms with E-state index in [0.717, 1.165) is 32.4 Å². The Kier molecular flexibility index (Phi) is 5.22. The number of piperidine rings is 1. The topological polar surface area (TPSA) is 49.6 Å². The standard InChI is InChI=1S/C12H25N3O/c1-4-6-11(13)12(16)15-8-5-7-10(9-15)14(2)3/h10-11H,4-9,13H2,1-3H3. The van der Waals surface area contributed by atoms with Crippen molar-refractivity contribution in [3.05, 3.63) is 0 Å². The maximum atomic E-state index is 12.0. The summed E-state index contributed by atoms with van der Waals surface area (Å²) in [5, 5.41) is 0. The van der Waals surface area contributed by atoms with E-state index in [0.29, 0.717) is 6.04 Å². The van der Waals surface area contributed by atoms with Gasteiger partial charge >= 0.3 is 0 Å². The number of nitrogens with two attached hydrogens (primary N) is 1. The van der Waals surface area contributed by atoms with Gasteiger partial charge in [-0.05, 0) is 33.4 Å². The Balaban J connectivity index is 2.49. The molecule has 2 N–H and O–H groups in total. The normalized spacial score (nSPS) is 23.6. The van der Waals surface area contributed by atoms with E-state index < -0.39 is 0 Å². The first kappa shape index (κ1) is 13.5. The molecule has 2 unspecified atom stereocenters. The second kappa shape index (κ2) is 6.21. The average molecular weight is 227 g/mol. The van der Waals surface area contributed by atoms with Gasteiger partial charge in [0.2, 0.25) is 5.91 Å². The molecule has 0 aromatic heterocycles. The molecule has 1 saturated heterocycles. The van der Waals surface area contributed by atoms with E-state index >= 15 is 0 Å². The molecule has 0 aliphatic carbocycles. The first-order valence-corrected chi connectivity index (χ1v) is 6.27. The quantitative estimate of drug-likeness (QED) is 0.768. The van der Waals surface area contributed by atoms with Crippen molar-refractivity contribution in [3.63, 3.8) is 0 Å². The molecule has 1 aliphatic heterocycles. The van der Waals surface area contributed by atoms with Gasteiger partial charge < -0.3 is 15.5 Å². The lowest BCUT2D eigenvalue weighted by atomic mass is 10.0. The van der Waals surface area contributed by atoms with Crippen LogP contribution in [0.2, 0.25) is 0 Å².